The van der Waals surface area contributed by atoms with Crippen LogP contribution in [-0.4, -0.2) is 11.1 Å². The van der Waals surface area contributed by atoms with Gasteiger partial charge in [0.25, 0.3) is 5.91 Å². The number of amidine groups is 1. The van der Waals surface area contributed by atoms with Crippen molar-refractivity contribution in [3.05, 3.63) is 111 Å². The van der Waals surface area contributed by atoms with E-state index in [9.17, 15) is 4.79 Å². The molecule has 0 saturated carbocycles. The lowest BCUT2D eigenvalue weighted by Gasteiger charge is -2.16. The monoisotopic (exact) mass is 556 g/mol. The number of carbonyl (C=O) groups is 1. The highest BCUT2D eigenvalue weighted by atomic mass is 79.9. The molecule has 1 aliphatic heterocycles. The number of benzene rings is 3. The van der Waals surface area contributed by atoms with Gasteiger partial charge >= 0.3 is 0 Å². The molecule has 0 bridgehead atoms. The van der Waals surface area contributed by atoms with Crippen LogP contribution in [0.4, 0.5) is 11.4 Å². The van der Waals surface area contributed by atoms with Crippen LogP contribution >= 0.6 is 27.7 Å². The van der Waals surface area contributed by atoms with E-state index in [4.69, 9.17) is 9.41 Å². The molecule has 1 aliphatic rings. The molecule has 0 radical (unpaired) electrons. The van der Waals surface area contributed by atoms with Crippen LogP contribution < -0.4 is 4.90 Å². The number of rotatable bonds is 6. The molecule has 4 aromatic rings. The van der Waals surface area contributed by atoms with Crippen LogP contribution in [0.25, 0.3) is 17.4 Å². The fraction of sp³-hybridized carbons (Fsp3) is 0.133. The maximum Gasteiger partial charge on any atom is 0.271 e. The fourth-order valence-electron chi connectivity index (χ4n) is 3.93. The molecule has 1 fully saturated rings. The zero-order chi connectivity index (χ0) is 25.1. The Morgan fingerprint density at radius 3 is 2.28 bits per heavy atom. The zero-order valence-electron chi connectivity index (χ0n) is 20.1. The molecule has 4 nitrogen and oxygen atoms in total. The van der Waals surface area contributed by atoms with Crippen molar-refractivity contribution >= 4 is 56.2 Å². The molecule has 2 heterocycles. The van der Waals surface area contributed by atoms with Gasteiger partial charge in [0.2, 0.25) is 0 Å². The van der Waals surface area contributed by atoms with E-state index in [2.05, 4.69) is 54.0 Å². The van der Waals surface area contributed by atoms with Crippen molar-refractivity contribution in [3.63, 3.8) is 0 Å². The molecule has 5 rings (SSSR count). The maximum atomic E-state index is 13.6. The summed E-state index contributed by atoms with van der Waals surface area (Å²) in [6.07, 6.45) is 3.71. The van der Waals surface area contributed by atoms with Gasteiger partial charge in [0, 0.05) is 16.1 Å². The Balaban J connectivity index is 1.50. The van der Waals surface area contributed by atoms with Gasteiger partial charge in [-0.25, -0.2) is 4.99 Å². The van der Waals surface area contributed by atoms with Crippen molar-refractivity contribution in [1.29, 1.82) is 0 Å². The highest BCUT2D eigenvalue weighted by molar-refractivity contribution is 9.10. The van der Waals surface area contributed by atoms with Gasteiger partial charge in [0.1, 0.15) is 11.5 Å². The third kappa shape index (κ3) is 5.25. The average molecular weight is 558 g/mol. The van der Waals surface area contributed by atoms with Gasteiger partial charge in [-0.05, 0) is 84.3 Å². The highest BCUT2D eigenvalue weighted by Crippen LogP contribution is 2.38. The Bertz CT molecular complexity index is 1450. The number of hydrogen-bond donors (Lipinski definition) is 0. The van der Waals surface area contributed by atoms with Crippen molar-refractivity contribution < 1.29 is 9.21 Å². The molecule has 0 unspecified atom stereocenters. The average Bonchev–Trinajstić information content (AvgIpc) is 3.49. The first-order chi connectivity index (χ1) is 17.5. The second-order valence-electron chi connectivity index (χ2n) is 8.40. The van der Waals surface area contributed by atoms with Gasteiger partial charge in [0.05, 0.1) is 16.3 Å². The number of nitrogens with zero attached hydrogens (tertiary/aromatic N) is 2. The Morgan fingerprint density at radius 2 is 1.61 bits per heavy atom. The Hall–Kier alpha value is -3.35. The summed E-state index contributed by atoms with van der Waals surface area (Å²) in [5.74, 6) is 1.25. The van der Waals surface area contributed by atoms with E-state index >= 15 is 0 Å². The topological polar surface area (TPSA) is 45.8 Å². The number of aryl methyl sites for hydroxylation is 2. The largest absolute Gasteiger partial charge is 0.457 e. The zero-order valence-corrected chi connectivity index (χ0v) is 22.5. The third-order valence-electron chi connectivity index (χ3n) is 5.99. The molecular weight excluding hydrogens is 532 g/mol. The number of aliphatic imine (C=N–C) groups is 1. The molecule has 180 valence electrons. The molecule has 0 N–H and O–H groups in total. The minimum Gasteiger partial charge on any atom is -0.457 e. The van der Waals surface area contributed by atoms with Gasteiger partial charge in [-0.1, -0.05) is 66.2 Å². The van der Waals surface area contributed by atoms with E-state index in [1.165, 1.54) is 22.9 Å². The number of halogens is 1. The Labute approximate surface area is 223 Å². The quantitative estimate of drug-likeness (QED) is 0.223. The number of thioether (sulfide) groups is 1. The minimum atomic E-state index is -0.117. The lowest BCUT2D eigenvalue weighted by molar-refractivity contribution is -0.113. The number of hydrogen-bond acceptors (Lipinski definition) is 4. The van der Waals surface area contributed by atoms with Gasteiger partial charge in [-0.2, -0.15) is 0 Å². The van der Waals surface area contributed by atoms with Gasteiger partial charge in [-0.15, -0.1) is 0 Å². The lowest BCUT2D eigenvalue weighted by Crippen LogP contribution is -2.28. The SMILES string of the molecule is CCc1ccc(N=C2S/C(=C\c3ccc(-c4cccc(Br)c4)o3)C(=O)N2c2ccc(CC)cc2)cc1. The van der Waals surface area contributed by atoms with E-state index in [0.29, 0.717) is 15.8 Å². The molecule has 6 heteroatoms. The molecule has 0 aliphatic carbocycles. The summed E-state index contributed by atoms with van der Waals surface area (Å²) in [4.78, 5) is 20.7. The summed E-state index contributed by atoms with van der Waals surface area (Å²) in [6, 6.07) is 27.9. The van der Waals surface area contributed by atoms with E-state index in [-0.39, 0.29) is 5.91 Å². The fourth-order valence-corrected chi connectivity index (χ4v) is 5.31. The summed E-state index contributed by atoms with van der Waals surface area (Å²) >= 11 is 4.86. The van der Waals surface area contributed by atoms with E-state index in [1.807, 2.05) is 60.7 Å². The summed E-state index contributed by atoms with van der Waals surface area (Å²) in [7, 11) is 0. The highest BCUT2D eigenvalue weighted by Gasteiger charge is 2.35. The first kappa shape index (κ1) is 24.3. The maximum absolute atomic E-state index is 13.6. The summed E-state index contributed by atoms with van der Waals surface area (Å²) < 4.78 is 7.05. The molecule has 1 saturated heterocycles. The smallest absolute Gasteiger partial charge is 0.271 e. The third-order valence-corrected chi connectivity index (χ3v) is 7.45. The first-order valence-electron chi connectivity index (χ1n) is 11.9. The number of carbonyl (C=O) groups excluding carboxylic acids is 1. The number of amides is 1. The Kier molecular flexibility index (Phi) is 7.25. The van der Waals surface area contributed by atoms with Crippen LogP contribution in [0.5, 0.6) is 0 Å². The molecule has 3 aromatic carbocycles. The molecule has 1 aromatic heterocycles. The second-order valence-corrected chi connectivity index (χ2v) is 10.3. The van der Waals surface area contributed by atoms with Crippen molar-refractivity contribution in [2.45, 2.75) is 26.7 Å². The predicted octanol–water partition coefficient (Wildman–Crippen LogP) is 8.64. The predicted molar refractivity (Wildman–Crippen MR) is 154 cm³/mol. The number of furan rings is 1. The van der Waals surface area contributed by atoms with Crippen molar-refractivity contribution in [3.8, 4) is 11.3 Å². The van der Waals surface area contributed by atoms with Gasteiger partial charge in [0.15, 0.2) is 5.17 Å². The minimum absolute atomic E-state index is 0.117. The van der Waals surface area contributed by atoms with Crippen LogP contribution in [0.1, 0.15) is 30.7 Å². The van der Waals surface area contributed by atoms with Gasteiger partial charge in [-0.3, -0.25) is 9.69 Å². The summed E-state index contributed by atoms with van der Waals surface area (Å²) in [6.45, 7) is 4.24. The van der Waals surface area contributed by atoms with Crippen molar-refractivity contribution in [1.82, 2.24) is 0 Å². The van der Waals surface area contributed by atoms with Gasteiger partial charge < -0.3 is 4.42 Å². The normalized spacial score (nSPS) is 15.9. The summed E-state index contributed by atoms with van der Waals surface area (Å²) in [5, 5.41) is 0.624. The van der Waals surface area contributed by atoms with E-state index in [0.717, 1.165) is 40.0 Å². The van der Waals surface area contributed by atoms with Crippen LogP contribution in [0.3, 0.4) is 0 Å². The number of anilines is 1. The molecule has 0 spiro atoms. The van der Waals surface area contributed by atoms with Crippen LogP contribution in [0.15, 0.2) is 104 Å². The molecule has 0 atom stereocenters. The molecule has 1 amide bonds. The summed E-state index contributed by atoms with van der Waals surface area (Å²) in [5.41, 5.74) is 5.05. The van der Waals surface area contributed by atoms with Crippen molar-refractivity contribution in [2.24, 2.45) is 4.99 Å². The molecular formula is C30H25BrN2O2S. The standard InChI is InChI=1S/C30H25BrN2O2S/c1-3-20-8-12-24(13-9-20)32-30-33(25-14-10-21(4-2)11-15-25)29(34)28(36-30)19-26-16-17-27(35-26)22-6-5-7-23(31)18-22/h5-19H,3-4H2,1-2H3/b28-19-,32-30?. The molecule has 36 heavy (non-hydrogen) atoms. The first-order valence-corrected chi connectivity index (χ1v) is 13.5. The lowest BCUT2D eigenvalue weighted by atomic mass is 10.1. The Morgan fingerprint density at radius 1 is 0.917 bits per heavy atom. The van der Waals surface area contributed by atoms with E-state index in [1.54, 1.807) is 11.0 Å². The van der Waals surface area contributed by atoms with Crippen LogP contribution in [-0.2, 0) is 17.6 Å². The van der Waals surface area contributed by atoms with Crippen LogP contribution in [0.2, 0.25) is 0 Å². The van der Waals surface area contributed by atoms with Crippen molar-refractivity contribution in [2.75, 3.05) is 4.90 Å². The second kappa shape index (κ2) is 10.7. The van der Waals surface area contributed by atoms with Crippen LogP contribution in [0, 0.1) is 0 Å². The van der Waals surface area contributed by atoms with E-state index < -0.39 is 0 Å².